The molecule has 0 bridgehead atoms. The molecule has 7 heteroatoms. The SMILES string of the molecule is Cc1cc(Cl)c(NCc2cc(F)ccc2[N+](=O)[O-])cc1Cl. The zero-order valence-electron chi connectivity index (χ0n) is 11.0. The summed E-state index contributed by atoms with van der Waals surface area (Å²) in [4.78, 5) is 10.4. The number of benzene rings is 2. The van der Waals surface area contributed by atoms with Gasteiger partial charge in [0.25, 0.3) is 5.69 Å². The molecule has 0 unspecified atom stereocenters. The van der Waals surface area contributed by atoms with Gasteiger partial charge in [-0.15, -0.1) is 0 Å². The molecular formula is C14H11Cl2FN2O2. The summed E-state index contributed by atoms with van der Waals surface area (Å²) < 4.78 is 13.2. The average Bonchev–Trinajstić information content (AvgIpc) is 2.41. The van der Waals surface area contributed by atoms with Crippen LogP contribution in [0.1, 0.15) is 11.1 Å². The van der Waals surface area contributed by atoms with E-state index in [-0.39, 0.29) is 17.8 Å². The van der Waals surface area contributed by atoms with E-state index in [1.54, 1.807) is 12.1 Å². The predicted octanol–water partition coefficient (Wildman–Crippen LogP) is 4.96. The summed E-state index contributed by atoms with van der Waals surface area (Å²) in [5.74, 6) is -0.537. The van der Waals surface area contributed by atoms with Gasteiger partial charge in [0.2, 0.25) is 0 Å². The number of anilines is 1. The molecule has 0 saturated heterocycles. The van der Waals surface area contributed by atoms with Gasteiger partial charge in [0, 0.05) is 17.6 Å². The molecule has 0 saturated carbocycles. The monoisotopic (exact) mass is 328 g/mol. The van der Waals surface area contributed by atoms with Gasteiger partial charge in [0.1, 0.15) is 5.82 Å². The van der Waals surface area contributed by atoms with Crippen LogP contribution in [0.3, 0.4) is 0 Å². The van der Waals surface area contributed by atoms with E-state index in [0.29, 0.717) is 15.7 Å². The highest BCUT2D eigenvalue weighted by atomic mass is 35.5. The lowest BCUT2D eigenvalue weighted by atomic mass is 10.1. The van der Waals surface area contributed by atoms with Gasteiger partial charge in [0.05, 0.1) is 21.2 Å². The van der Waals surface area contributed by atoms with E-state index in [4.69, 9.17) is 23.2 Å². The Bertz CT molecular complexity index is 708. The van der Waals surface area contributed by atoms with Crippen LogP contribution in [0.5, 0.6) is 0 Å². The third kappa shape index (κ3) is 3.62. The third-order valence-corrected chi connectivity index (χ3v) is 3.68. The van der Waals surface area contributed by atoms with E-state index >= 15 is 0 Å². The molecule has 0 amide bonds. The van der Waals surface area contributed by atoms with Gasteiger partial charge in [-0.3, -0.25) is 10.1 Å². The van der Waals surface area contributed by atoms with Crippen molar-refractivity contribution in [3.63, 3.8) is 0 Å². The summed E-state index contributed by atoms with van der Waals surface area (Å²) in [6, 6.07) is 6.62. The Labute approximate surface area is 130 Å². The maximum Gasteiger partial charge on any atom is 0.274 e. The molecule has 0 aliphatic heterocycles. The van der Waals surface area contributed by atoms with Crippen molar-refractivity contribution < 1.29 is 9.31 Å². The molecule has 1 N–H and O–H groups in total. The lowest BCUT2D eigenvalue weighted by molar-refractivity contribution is -0.385. The van der Waals surface area contributed by atoms with Crippen LogP contribution in [0, 0.1) is 22.9 Å². The van der Waals surface area contributed by atoms with Crippen molar-refractivity contribution >= 4 is 34.6 Å². The fraction of sp³-hybridized carbons (Fsp3) is 0.143. The van der Waals surface area contributed by atoms with Crippen LogP contribution >= 0.6 is 23.2 Å². The van der Waals surface area contributed by atoms with Crippen LogP contribution in [0.25, 0.3) is 0 Å². The number of hydrogen-bond donors (Lipinski definition) is 1. The van der Waals surface area contributed by atoms with Gasteiger partial charge in [0.15, 0.2) is 0 Å². The molecule has 0 spiro atoms. The van der Waals surface area contributed by atoms with E-state index in [0.717, 1.165) is 23.8 Å². The maximum absolute atomic E-state index is 13.2. The summed E-state index contributed by atoms with van der Waals surface area (Å²) in [6.45, 7) is 1.88. The summed E-state index contributed by atoms with van der Waals surface area (Å²) in [7, 11) is 0. The first kappa shape index (κ1) is 15.5. The number of nitrogens with one attached hydrogen (secondary N) is 1. The zero-order valence-corrected chi connectivity index (χ0v) is 12.5. The van der Waals surface area contributed by atoms with Crippen LogP contribution < -0.4 is 5.32 Å². The van der Waals surface area contributed by atoms with Crippen molar-refractivity contribution in [3.05, 3.63) is 67.4 Å². The Morgan fingerprint density at radius 2 is 1.95 bits per heavy atom. The summed E-state index contributed by atoms with van der Waals surface area (Å²) in [6.07, 6.45) is 0. The molecule has 21 heavy (non-hydrogen) atoms. The molecule has 110 valence electrons. The number of nitro benzene ring substituents is 1. The molecule has 4 nitrogen and oxygen atoms in total. The first-order valence-corrected chi connectivity index (χ1v) is 6.76. The van der Waals surface area contributed by atoms with Gasteiger partial charge < -0.3 is 5.32 Å². The normalized spacial score (nSPS) is 10.5. The van der Waals surface area contributed by atoms with Crippen molar-refractivity contribution in [2.75, 3.05) is 5.32 Å². The lowest BCUT2D eigenvalue weighted by Gasteiger charge is -2.11. The number of nitro groups is 1. The van der Waals surface area contributed by atoms with Crippen molar-refractivity contribution in [1.82, 2.24) is 0 Å². The van der Waals surface area contributed by atoms with E-state index < -0.39 is 10.7 Å². The summed E-state index contributed by atoms with van der Waals surface area (Å²) in [5.41, 5.74) is 1.43. The Kier molecular flexibility index (Phi) is 4.65. The smallest absolute Gasteiger partial charge is 0.274 e. The summed E-state index contributed by atoms with van der Waals surface area (Å²) in [5, 5.41) is 14.8. The highest BCUT2D eigenvalue weighted by Crippen LogP contribution is 2.30. The van der Waals surface area contributed by atoms with Gasteiger partial charge in [-0.25, -0.2) is 4.39 Å². The van der Waals surface area contributed by atoms with Crippen molar-refractivity contribution in [3.8, 4) is 0 Å². The van der Waals surface area contributed by atoms with Gasteiger partial charge >= 0.3 is 0 Å². The lowest BCUT2D eigenvalue weighted by Crippen LogP contribution is -2.04. The Hall–Kier alpha value is -1.85. The maximum atomic E-state index is 13.2. The van der Waals surface area contributed by atoms with Crippen LogP contribution in [0.4, 0.5) is 15.8 Å². The largest absolute Gasteiger partial charge is 0.379 e. The average molecular weight is 329 g/mol. The molecule has 0 aromatic heterocycles. The Morgan fingerprint density at radius 1 is 1.24 bits per heavy atom. The van der Waals surface area contributed by atoms with Crippen LogP contribution in [0.2, 0.25) is 10.0 Å². The second kappa shape index (κ2) is 6.28. The molecule has 2 rings (SSSR count). The topological polar surface area (TPSA) is 55.2 Å². The van der Waals surface area contributed by atoms with E-state index in [1.807, 2.05) is 6.92 Å². The molecular weight excluding hydrogens is 318 g/mol. The first-order valence-electron chi connectivity index (χ1n) is 6.01. The standard InChI is InChI=1S/C14H11Cl2FN2O2/c1-8-4-12(16)13(6-11(8)15)18-7-9-5-10(17)2-3-14(9)19(20)21/h2-6,18H,7H2,1H3. The molecule has 2 aromatic carbocycles. The number of nitrogens with zero attached hydrogens (tertiary/aromatic N) is 1. The zero-order chi connectivity index (χ0) is 15.6. The van der Waals surface area contributed by atoms with Crippen LogP contribution in [-0.4, -0.2) is 4.92 Å². The Morgan fingerprint density at radius 3 is 2.62 bits per heavy atom. The van der Waals surface area contributed by atoms with Crippen LogP contribution in [0.15, 0.2) is 30.3 Å². The molecule has 0 aliphatic carbocycles. The molecule has 0 atom stereocenters. The quantitative estimate of drug-likeness (QED) is 0.637. The number of hydrogen-bond acceptors (Lipinski definition) is 3. The van der Waals surface area contributed by atoms with Crippen molar-refractivity contribution in [1.29, 1.82) is 0 Å². The third-order valence-electron chi connectivity index (χ3n) is 2.96. The molecule has 0 fully saturated rings. The van der Waals surface area contributed by atoms with E-state index in [9.17, 15) is 14.5 Å². The minimum Gasteiger partial charge on any atom is -0.379 e. The molecule has 2 aromatic rings. The second-order valence-corrected chi connectivity index (χ2v) is 5.28. The van der Waals surface area contributed by atoms with Crippen LogP contribution in [-0.2, 0) is 6.54 Å². The predicted molar refractivity (Wildman–Crippen MR) is 81.6 cm³/mol. The van der Waals surface area contributed by atoms with E-state index in [2.05, 4.69) is 5.32 Å². The molecule has 0 heterocycles. The highest BCUT2D eigenvalue weighted by Gasteiger charge is 2.14. The molecule has 0 aliphatic rings. The van der Waals surface area contributed by atoms with Gasteiger partial charge in [-0.1, -0.05) is 23.2 Å². The molecule has 0 radical (unpaired) electrons. The van der Waals surface area contributed by atoms with E-state index in [1.165, 1.54) is 0 Å². The van der Waals surface area contributed by atoms with Gasteiger partial charge in [-0.05, 0) is 36.8 Å². The number of aryl methyl sites for hydroxylation is 1. The van der Waals surface area contributed by atoms with Crippen molar-refractivity contribution in [2.24, 2.45) is 0 Å². The highest BCUT2D eigenvalue weighted by molar-refractivity contribution is 6.35. The first-order chi connectivity index (χ1) is 9.88. The number of rotatable bonds is 4. The van der Waals surface area contributed by atoms with Crippen molar-refractivity contribution in [2.45, 2.75) is 13.5 Å². The van der Waals surface area contributed by atoms with Gasteiger partial charge in [-0.2, -0.15) is 0 Å². The minimum absolute atomic E-state index is 0.0627. The minimum atomic E-state index is -0.555. The Balaban J connectivity index is 2.26. The fourth-order valence-electron chi connectivity index (χ4n) is 1.85. The fourth-order valence-corrected chi connectivity index (χ4v) is 2.29. The second-order valence-electron chi connectivity index (χ2n) is 4.46. The number of halogens is 3. The summed E-state index contributed by atoms with van der Waals surface area (Å²) >= 11 is 12.1.